The van der Waals surface area contributed by atoms with Crippen LogP contribution in [-0.2, 0) is 16.0 Å². The summed E-state index contributed by atoms with van der Waals surface area (Å²) in [4.78, 5) is 13.6. The first-order chi connectivity index (χ1) is 9.63. The van der Waals surface area contributed by atoms with Gasteiger partial charge in [0.25, 0.3) is 0 Å². The van der Waals surface area contributed by atoms with Crippen LogP contribution in [0.25, 0.3) is 0 Å². The largest absolute Gasteiger partial charge is 0.383 e. The van der Waals surface area contributed by atoms with Crippen LogP contribution >= 0.6 is 0 Å². The summed E-state index contributed by atoms with van der Waals surface area (Å²) in [5.74, 6) is -0.147. The minimum absolute atomic E-state index is 0.0584. The number of rotatable bonds is 5. The highest BCUT2D eigenvalue weighted by molar-refractivity contribution is 5.78. The minimum atomic E-state index is -0.500. The summed E-state index contributed by atoms with van der Waals surface area (Å²) in [6.45, 7) is 1.84. The average molecular weight is 276 g/mol. The molecule has 1 aliphatic rings. The average Bonchev–Trinajstić information content (AvgIpc) is 2.78. The van der Waals surface area contributed by atoms with E-state index >= 15 is 0 Å². The van der Waals surface area contributed by atoms with E-state index in [2.05, 4.69) is 0 Å². The second-order valence-corrected chi connectivity index (χ2v) is 5.03. The lowest BCUT2D eigenvalue weighted by Gasteiger charge is -2.16. The van der Waals surface area contributed by atoms with Gasteiger partial charge in [-0.1, -0.05) is 6.07 Å². The number of hydrogen-bond donors (Lipinski definition) is 0. The van der Waals surface area contributed by atoms with Gasteiger partial charge >= 0.3 is 0 Å². The maximum Gasteiger partial charge on any atom is 0.223 e. The fourth-order valence-corrected chi connectivity index (χ4v) is 2.53. The van der Waals surface area contributed by atoms with E-state index in [1.165, 1.54) is 6.07 Å². The van der Waals surface area contributed by atoms with Crippen LogP contribution in [0.1, 0.15) is 17.5 Å². The number of nitriles is 1. The van der Waals surface area contributed by atoms with Gasteiger partial charge in [-0.2, -0.15) is 5.26 Å². The molecule has 5 heteroatoms. The number of methoxy groups -OCH3 is 1. The Balaban J connectivity index is 1.98. The molecule has 1 aliphatic heterocycles. The van der Waals surface area contributed by atoms with Gasteiger partial charge in [-0.25, -0.2) is 4.39 Å². The normalized spacial score (nSPS) is 18.4. The van der Waals surface area contributed by atoms with Crippen molar-refractivity contribution in [3.63, 3.8) is 0 Å². The van der Waals surface area contributed by atoms with Crippen molar-refractivity contribution in [1.29, 1.82) is 5.26 Å². The first kappa shape index (κ1) is 14.5. The van der Waals surface area contributed by atoms with Crippen molar-refractivity contribution in [2.75, 3.05) is 26.8 Å². The van der Waals surface area contributed by atoms with Gasteiger partial charge in [-0.3, -0.25) is 4.79 Å². The molecule has 1 saturated heterocycles. The maximum absolute atomic E-state index is 13.2. The van der Waals surface area contributed by atoms with E-state index in [0.717, 1.165) is 5.56 Å². The summed E-state index contributed by atoms with van der Waals surface area (Å²) in [6, 6.07) is 6.40. The summed E-state index contributed by atoms with van der Waals surface area (Å²) < 4.78 is 18.2. The van der Waals surface area contributed by atoms with Crippen LogP contribution in [0.2, 0.25) is 0 Å². The number of likely N-dealkylation sites (tertiary alicyclic amines) is 1. The molecule has 0 N–H and O–H groups in total. The molecule has 2 rings (SSSR count). The predicted molar refractivity (Wildman–Crippen MR) is 71.4 cm³/mol. The lowest BCUT2D eigenvalue weighted by atomic mass is 9.97. The first-order valence-electron chi connectivity index (χ1n) is 6.59. The van der Waals surface area contributed by atoms with Crippen molar-refractivity contribution in [2.24, 2.45) is 5.92 Å². The Morgan fingerprint density at radius 1 is 1.55 bits per heavy atom. The van der Waals surface area contributed by atoms with E-state index in [1.54, 1.807) is 24.1 Å². The Bertz CT molecular complexity index is 539. The van der Waals surface area contributed by atoms with Gasteiger partial charge in [0.15, 0.2) is 0 Å². The number of carbonyl (C=O) groups excluding carboxylic acids is 1. The van der Waals surface area contributed by atoms with Crippen LogP contribution in [0.4, 0.5) is 4.39 Å². The summed E-state index contributed by atoms with van der Waals surface area (Å²) in [5, 5.41) is 8.82. The van der Waals surface area contributed by atoms with Crippen molar-refractivity contribution in [3.05, 3.63) is 35.1 Å². The Morgan fingerprint density at radius 2 is 2.35 bits per heavy atom. The number of nitrogens with zero attached hydrogens (tertiary/aromatic N) is 2. The molecule has 1 aromatic rings. The van der Waals surface area contributed by atoms with Gasteiger partial charge in [0.2, 0.25) is 5.91 Å². The zero-order chi connectivity index (χ0) is 14.5. The van der Waals surface area contributed by atoms with Gasteiger partial charge in [0.05, 0.1) is 12.2 Å². The number of halogens is 1. The standard InChI is InChI=1S/C15H17FN2O2/c1-20-5-4-18-10-12(8-15(18)19)6-11-2-3-14(16)13(7-11)9-17/h2-3,7,12H,4-6,8,10H2,1H3. The molecule has 4 nitrogen and oxygen atoms in total. The van der Waals surface area contributed by atoms with Crippen molar-refractivity contribution in [3.8, 4) is 6.07 Å². The lowest BCUT2D eigenvalue weighted by Crippen LogP contribution is -2.28. The van der Waals surface area contributed by atoms with E-state index in [1.807, 2.05) is 6.07 Å². The molecule has 1 heterocycles. The minimum Gasteiger partial charge on any atom is -0.383 e. The second kappa shape index (κ2) is 6.49. The van der Waals surface area contributed by atoms with Crippen molar-refractivity contribution >= 4 is 5.91 Å². The van der Waals surface area contributed by atoms with Crippen LogP contribution < -0.4 is 0 Å². The van der Waals surface area contributed by atoms with E-state index in [0.29, 0.717) is 32.5 Å². The molecular formula is C15H17FN2O2. The topological polar surface area (TPSA) is 53.3 Å². The number of carbonyl (C=O) groups is 1. The quantitative estimate of drug-likeness (QED) is 0.823. The molecule has 1 atom stereocenters. The highest BCUT2D eigenvalue weighted by atomic mass is 19.1. The molecule has 0 radical (unpaired) electrons. The van der Waals surface area contributed by atoms with Crippen LogP contribution in [0, 0.1) is 23.1 Å². The second-order valence-electron chi connectivity index (χ2n) is 5.03. The molecule has 1 unspecified atom stereocenters. The summed E-state index contributed by atoms with van der Waals surface area (Å²) >= 11 is 0. The summed E-state index contributed by atoms with van der Waals surface area (Å²) in [5.41, 5.74) is 0.956. The Kier molecular flexibility index (Phi) is 4.70. The third-order valence-electron chi connectivity index (χ3n) is 3.54. The monoisotopic (exact) mass is 276 g/mol. The summed E-state index contributed by atoms with van der Waals surface area (Å²) in [7, 11) is 1.61. The number of ether oxygens (including phenoxy) is 1. The zero-order valence-corrected chi connectivity index (χ0v) is 11.4. The van der Waals surface area contributed by atoms with Gasteiger partial charge in [0, 0.05) is 26.6 Å². The molecule has 0 saturated carbocycles. The molecule has 0 aromatic heterocycles. The van der Waals surface area contributed by atoms with Gasteiger partial charge in [-0.05, 0) is 30.0 Å². The molecule has 0 aliphatic carbocycles. The number of amides is 1. The number of hydrogen-bond acceptors (Lipinski definition) is 3. The maximum atomic E-state index is 13.2. The molecule has 20 heavy (non-hydrogen) atoms. The Labute approximate surface area is 117 Å². The van der Waals surface area contributed by atoms with Crippen LogP contribution in [0.15, 0.2) is 18.2 Å². The zero-order valence-electron chi connectivity index (χ0n) is 11.4. The third kappa shape index (κ3) is 3.34. The van der Waals surface area contributed by atoms with Crippen molar-refractivity contribution in [1.82, 2.24) is 4.90 Å². The van der Waals surface area contributed by atoms with Crippen LogP contribution in [-0.4, -0.2) is 37.6 Å². The van der Waals surface area contributed by atoms with E-state index < -0.39 is 5.82 Å². The van der Waals surface area contributed by atoms with Crippen molar-refractivity contribution in [2.45, 2.75) is 12.8 Å². The number of benzene rings is 1. The fraction of sp³-hybridized carbons (Fsp3) is 0.467. The third-order valence-corrected chi connectivity index (χ3v) is 3.54. The molecule has 1 amide bonds. The van der Waals surface area contributed by atoms with Crippen LogP contribution in [0.5, 0.6) is 0 Å². The van der Waals surface area contributed by atoms with E-state index in [-0.39, 0.29) is 17.4 Å². The molecule has 1 aromatic carbocycles. The van der Waals surface area contributed by atoms with Crippen LogP contribution in [0.3, 0.4) is 0 Å². The first-order valence-corrected chi connectivity index (χ1v) is 6.59. The molecular weight excluding hydrogens is 259 g/mol. The molecule has 0 bridgehead atoms. The molecule has 106 valence electrons. The summed E-state index contributed by atoms with van der Waals surface area (Å²) in [6.07, 6.45) is 1.19. The van der Waals surface area contributed by atoms with E-state index in [4.69, 9.17) is 10.00 Å². The predicted octanol–water partition coefficient (Wildman–Crippen LogP) is 1.73. The highest BCUT2D eigenvalue weighted by Gasteiger charge is 2.29. The van der Waals surface area contributed by atoms with Gasteiger partial charge in [-0.15, -0.1) is 0 Å². The molecule has 1 fully saturated rings. The highest BCUT2D eigenvalue weighted by Crippen LogP contribution is 2.22. The lowest BCUT2D eigenvalue weighted by molar-refractivity contribution is -0.128. The smallest absolute Gasteiger partial charge is 0.223 e. The van der Waals surface area contributed by atoms with E-state index in [9.17, 15) is 9.18 Å². The fourth-order valence-electron chi connectivity index (χ4n) is 2.53. The van der Waals surface area contributed by atoms with Crippen molar-refractivity contribution < 1.29 is 13.9 Å². The Morgan fingerprint density at radius 3 is 3.05 bits per heavy atom. The van der Waals surface area contributed by atoms with Gasteiger partial charge in [0.1, 0.15) is 11.9 Å². The van der Waals surface area contributed by atoms with Gasteiger partial charge < -0.3 is 9.64 Å². The molecule has 0 spiro atoms. The Hall–Kier alpha value is -1.93. The SMILES string of the molecule is COCCN1CC(Cc2ccc(F)c(C#N)c2)CC1=O.